The molecule has 0 aromatic heterocycles. The van der Waals surface area contributed by atoms with E-state index in [9.17, 15) is 4.79 Å². The van der Waals surface area contributed by atoms with Gasteiger partial charge in [-0.05, 0) is 61.9 Å². The predicted octanol–water partition coefficient (Wildman–Crippen LogP) is 2.77. The normalized spacial score (nSPS) is 21.7. The lowest BCUT2D eigenvalue weighted by Crippen LogP contribution is -2.32. The SMILES string of the molecule is CC(C)C(=O)N1CCc2cc(CC3CCCNC3)ccc21. The summed E-state index contributed by atoms with van der Waals surface area (Å²) < 4.78 is 0. The summed E-state index contributed by atoms with van der Waals surface area (Å²) in [6.45, 7) is 7.12. The Balaban J connectivity index is 1.72. The van der Waals surface area contributed by atoms with Crippen molar-refractivity contribution in [3.05, 3.63) is 29.3 Å². The zero-order valence-corrected chi connectivity index (χ0v) is 13.2. The molecule has 2 heterocycles. The van der Waals surface area contributed by atoms with Crippen molar-refractivity contribution < 1.29 is 4.79 Å². The Morgan fingerprint density at radius 1 is 1.43 bits per heavy atom. The maximum Gasteiger partial charge on any atom is 0.229 e. The highest BCUT2D eigenvalue weighted by Crippen LogP contribution is 2.31. The van der Waals surface area contributed by atoms with Crippen LogP contribution in [0.4, 0.5) is 5.69 Å². The molecule has 1 aromatic rings. The quantitative estimate of drug-likeness (QED) is 0.926. The number of carbonyl (C=O) groups is 1. The molecule has 0 saturated carbocycles. The van der Waals surface area contributed by atoms with Crippen molar-refractivity contribution in [3.63, 3.8) is 0 Å². The first-order valence-corrected chi connectivity index (χ1v) is 8.29. The number of rotatable bonds is 3. The molecular formula is C18H26N2O. The number of hydrogen-bond acceptors (Lipinski definition) is 2. The van der Waals surface area contributed by atoms with E-state index in [0.717, 1.165) is 31.1 Å². The van der Waals surface area contributed by atoms with Crippen molar-refractivity contribution in [2.45, 2.75) is 39.5 Å². The van der Waals surface area contributed by atoms with Crippen molar-refractivity contribution >= 4 is 11.6 Å². The second kappa shape index (κ2) is 6.18. The lowest BCUT2D eigenvalue weighted by atomic mass is 9.91. The summed E-state index contributed by atoms with van der Waals surface area (Å²) in [5, 5.41) is 3.49. The smallest absolute Gasteiger partial charge is 0.229 e. The van der Waals surface area contributed by atoms with Gasteiger partial charge in [0.25, 0.3) is 0 Å². The number of amides is 1. The molecule has 0 aliphatic carbocycles. The van der Waals surface area contributed by atoms with Gasteiger partial charge in [-0.15, -0.1) is 0 Å². The minimum atomic E-state index is 0.0731. The molecule has 2 aliphatic rings. The van der Waals surface area contributed by atoms with Crippen LogP contribution in [-0.2, 0) is 17.6 Å². The van der Waals surface area contributed by atoms with E-state index in [1.165, 1.54) is 36.9 Å². The molecule has 1 saturated heterocycles. The van der Waals surface area contributed by atoms with Crippen LogP contribution in [0, 0.1) is 11.8 Å². The summed E-state index contributed by atoms with van der Waals surface area (Å²) in [7, 11) is 0. The number of hydrogen-bond donors (Lipinski definition) is 1. The van der Waals surface area contributed by atoms with E-state index in [2.05, 4.69) is 23.5 Å². The molecule has 3 nitrogen and oxygen atoms in total. The van der Waals surface area contributed by atoms with Crippen molar-refractivity contribution in [1.29, 1.82) is 0 Å². The van der Waals surface area contributed by atoms with Gasteiger partial charge in [0.15, 0.2) is 0 Å². The van der Waals surface area contributed by atoms with Gasteiger partial charge in [-0.1, -0.05) is 26.0 Å². The number of anilines is 1. The molecule has 1 amide bonds. The minimum absolute atomic E-state index is 0.0731. The van der Waals surface area contributed by atoms with Crippen molar-refractivity contribution in [3.8, 4) is 0 Å². The van der Waals surface area contributed by atoms with Crippen LogP contribution in [0.25, 0.3) is 0 Å². The molecule has 1 aromatic carbocycles. The lowest BCUT2D eigenvalue weighted by molar-refractivity contribution is -0.121. The Labute approximate surface area is 127 Å². The van der Waals surface area contributed by atoms with Crippen LogP contribution in [-0.4, -0.2) is 25.5 Å². The summed E-state index contributed by atoms with van der Waals surface area (Å²) in [5.41, 5.74) is 3.92. The first-order valence-electron chi connectivity index (χ1n) is 8.29. The molecular weight excluding hydrogens is 260 g/mol. The van der Waals surface area contributed by atoms with Crippen LogP contribution < -0.4 is 10.2 Å². The number of benzene rings is 1. The van der Waals surface area contributed by atoms with Gasteiger partial charge in [0.2, 0.25) is 5.91 Å². The maximum absolute atomic E-state index is 12.2. The molecule has 2 aliphatic heterocycles. The molecule has 1 atom stereocenters. The van der Waals surface area contributed by atoms with Gasteiger partial charge in [-0.3, -0.25) is 4.79 Å². The topological polar surface area (TPSA) is 32.3 Å². The van der Waals surface area contributed by atoms with Gasteiger partial charge >= 0.3 is 0 Å². The van der Waals surface area contributed by atoms with Crippen molar-refractivity contribution in [1.82, 2.24) is 5.32 Å². The second-order valence-corrected chi connectivity index (χ2v) is 6.77. The highest BCUT2D eigenvalue weighted by atomic mass is 16.2. The molecule has 1 fully saturated rings. The number of carbonyl (C=O) groups excluding carboxylic acids is 1. The molecule has 1 unspecified atom stereocenters. The summed E-state index contributed by atoms with van der Waals surface area (Å²) in [4.78, 5) is 14.2. The van der Waals surface area contributed by atoms with Gasteiger partial charge in [-0.2, -0.15) is 0 Å². The fourth-order valence-electron chi connectivity index (χ4n) is 3.55. The van der Waals surface area contributed by atoms with Crippen molar-refractivity contribution in [2.75, 3.05) is 24.5 Å². The van der Waals surface area contributed by atoms with E-state index < -0.39 is 0 Å². The average Bonchev–Trinajstić information content (AvgIpc) is 2.90. The molecule has 0 spiro atoms. The second-order valence-electron chi connectivity index (χ2n) is 6.77. The zero-order chi connectivity index (χ0) is 14.8. The number of nitrogens with zero attached hydrogens (tertiary/aromatic N) is 1. The highest BCUT2D eigenvalue weighted by Gasteiger charge is 2.26. The van der Waals surface area contributed by atoms with Gasteiger partial charge < -0.3 is 10.2 Å². The summed E-state index contributed by atoms with van der Waals surface area (Å²) in [5.74, 6) is 1.09. The summed E-state index contributed by atoms with van der Waals surface area (Å²) in [6, 6.07) is 6.71. The standard InChI is InChI=1S/C18H26N2O/c1-13(2)18(21)20-9-7-16-11-14(5-6-17(16)20)10-15-4-3-8-19-12-15/h5-6,11,13,15,19H,3-4,7-10,12H2,1-2H3. The van der Waals surface area contributed by atoms with E-state index in [4.69, 9.17) is 0 Å². The van der Waals surface area contributed by atoms with E-state index in [1.54, 1.807) is 0 Å². The van der Waals surface area contributed by atoms with E-state index in [1.807, 2.05) is 18.7 Å². The monoisotopic (exact) mass is 286 g/mol. The number of nitrogens with one attached hydrogen (secondary N) is 1. The van der Waals surface area contributed by atoms with Crippen LogP contribution in [0.1, 0.15) is 37.8 Å². The van der Waals surface area contributed by atoms with Gasteiger partial charge in [-0.25, -0.2) is 0 Å². The fourth-order valence-corrected chi connectivity index (χ4v) is 3.55. The molecule has 21 heavy (non-hydrogen) atoms. The molecule has 114 valence electrons. The Hall–Kier alpha value is -1.35. The first kappa shape index (κ1) is 14.6. The number of fused-ring (bicyclic) bond motifs is 1. The van der Waals surface area contributed by atoms with Crippen LogP contribution >= 0.6 is 0 Å². The summed E-state index contributed by atoms with van der Waals surface area (Å²) >= 11 is 0. The Bertz CT molecular complexity index is 518. The first-order chi connectivity index (χ1) is 10.1. The minimum Gasteiger partial charge on any atom is -0.316 e. The fraction of sp³-hybridized carbons (Fsp3) is 0.611. The molecule has 3 heteroatoms. The predicted molar refractivity (Wildman–Crippen MR) is 86.6 cm³/mol. The van der Waals surface area contributed by atoms with E-state index in [-0.39, 0.29) is 11.8 Å². The van der Waals surface area contributed by atoms with Crippen LogP contribution in [0.5, 0.6) is 0 Å². The third-order valence-corrected chi connectivity index (χ3v) is 4.72. The molecule has 0 radical (unpaired) electrons. The average molecular weight is 286 g/mol. The highest BCUT2D eigenvalue weighted by molar-refractivity contribution is 5.96. The molecule has 3 rings (SSSR count). The van der Waals surface area contributed by atoms with Crippen LogP contribution in [0.15, 0.2) is 18.2 Å². The lowest BCUT2D eigenvalue weighted by Gasteiger charge is -2.23. The Morgan fingerprint density at radius 2 is 2.29 bits per heavy atom. The van der Waals surface area contributed by atoms with Gasteiger partial charge in [0, 0.05) is 18.2 Å². The Kier molecular flexibility index (Phi) is 4.29. The van der Waals surface area contributed by atoms with Gasteiger partial charge in [0.05, 0.1) is 0 Å². The zero-order valence-electron chi connectivity index (χ0n) is 13.2. The maximum atomic E-state index is 12.2. The number of piperidine rings is 1. The van der Waals surface area contributed by atoms with Crippen LogP contribution in [0.3, 0.4) is 0 Å². The van der Waals surface area contributed by atoms with Crippen molar-refractivity contribution in [2.24, 2.45) is 11.8 Å². The largest absolute Gasteiger partial charge is 0.316 e. The molecule has 1 N–H and O–H groups in total. The van der Waals surface area contributed by atoms with E-state index >= 15 is 0 Å². The van der Waals surface area contributed by atoms with Gasteiger partial charge in [0.1, 0.15) is 0 Å². The summed E-state index contributed by atoms with van der Waals surface area (Å²) in [6.07, 6.45) is 4.80. The third kappa shape index (κ3) is 3.13. The van der Waals surface area contributed by atoms with E-state index in [0.29, 0.717) is 0 Å². The molecule has 0 bridgehead atoms. The Morgan fingerprint density at radius 3 is 3.00 bits per heavy atom. The third-order valence-electron chi connectivity index (χ3n) is 4.72. The van der Waals surface area contributed by atoms with Crippen LogP contribution in [0.2, 0.25) is 0 Å².